The summed E-state index contributed by atoms with van der Waals surface area (Å²) in [5, 5.41) is 17.9. The number of carbonyl (C=O) groups is 1. The van der Waals surface area contributed by atoms with Crippen molar-refractivity contribution in [3.05, 3.63) is 29.3 Å². The van der Waals surface area contributed by atoms with Crippen LogP contribution in [0.5, 0.6) is 0 Å². The summed E-state index contributed by atoms with van der Waals surface area (Å²) in [7, 11) is 1.92. The van der Waals surface area contributed by atoms with E-state index in [2.05, 4.69) is 30.8 Å². The lowest BCUT2D eigenvalue weighted by Crippen LogP contribution is -2.48. The number of aromatic nitrogens is 4. The number of aromatic amines is 1. The minimum absolute atomic E-state index is 0. The van der Waals surface area contributed by atoms with Gasteiger partial charge in [-0.25, -0.2) is 0 Å². The van der Waals surface area contributed by atoms with E-state index in [0.717, 1.165) is 55.8 Å². The Morgan fingerprint density at radius 3 is 3.12 bits per heavy atom. The van der Waals surface area contributed by atoms with Crippen LogP contribution in [0.25, 0.3) is 0 Å². The van der Waals surface area contributed by atoms with E-state index >= 15 is 0 Å². The number of anilines is 1. The third-order valence-electron chi connectivity index (χ3n) is 4.83. The monoisotopic (exact) mass is 365 g/mol. The molecule has 1 fully saturated rings. The average Bonchev–Trinajstić information content (AvgIpc) is 3.21. The van der Waals surface area contributed by atoms with Gasteiger partial charge in [0.25, 0.3) is 5.91 Å². The second kappa shape index (κ2) is 7.45. The van der Waals surface area contributed by atoms with Crippen LogP contribution < -0.4 is 15.5 Å². The number of aryl methyl sites for hydroxylation is 1. The largest absolute Gasteiger partial charge is 0.367 e. The number of hydrogen-bond donors (Lipinski definition) is 3. The highest BCUT2D eigenvalue weighted by Crippen LogP contribution is 2.20. The van der Waals surface area contributed by atoms with Crippen LogP contribution in [0.2, 0.25) is 0 Å². The molecule has 0 aromatic carbocycles. The quantitative estimate of drug-likeness (QED) is 0.741. The van der Waals surface area contributed by atoms with Crippen molar-refractivity contribution in [2.45, 2.75) is 31.8 Å². The van der Waals surface area contributed by atoms with Gasteiger partial charge in [0.2, 0.25) is 0 Å². The summed E-state index contributed by atoms with van der Waals surface area (Å²) in [4.78, 5) is 14.9. The molecule has 4 heterocycles. The Balaban J connectivity index is 0.00000182. The zero-order valence-corrected chi connectivity index (χ0v) is 15.1. The van der Waals surface area contributed by atoms with Crippen molar-refractivity contribution in [2.24, 2.45) is 7.05 Å². The van der Waals surface area contributed by atoms with Gasteiger partial charge in [0.1, 0.15) is 0 Å². The number of nitrogens with one attached hydrogen (secondary N) is 3. The maximum Gasteiger partial charge on any atom is 0.272 e. The Kier molecular flexibility index (Phi) is 5.29. The van der Waals surface area contributed by atoms with Crippen LogP contribution in [0.3, 0.4) is 0 Å². The molecule has 0 radical (unpaired) electrons. The molecule has 1 unspecified atom stereocenters. The molecule has 1 saturated heterocycles. The highest BCUT2D eigenvalue weighted by molar-refractivity contribution is 5.94. The summed E-state index contributed by atoms with van der Waals surface area (Å²) in [5.41, 5.74) is 3.74. The second-order valence-corrected chi connectivity index (χ2v) is 6.59. The molecule has 2 aromatic rings. The topological polar surface area (TPSA) is 90.9 Å². The molecule has 136 valence electrons. The lowest BCUT2D eigenvalue weighted by atomic mass is 10.0. The summed E-state index contributed by atoms with van der Waals surface area (Å²) in [6.45, 7) is 3.45. The van der Waals surface area contributed by atoms with Crippen molar-refractivity contribution >= 4 is 24.0 Å². The van der Waals surface area contributed by atoms with Crippen LogP contribution in [0.1, 0.15) is 34.6 Å². The molecule has 1 amide bonds. The second-order valence-electron chi connectivity index (χ2n) is 6.59. The number of piperidine rings is 1. The van der Waals surface area contributed by atoms with Gasteiger partial charge in [0.05, 0.1) is 11.9 Å². The molecular weight excluding hydrogens is 342 g/mol. The van der Waals surface area contributed by atoms with Gasteiger partial charge >= 0.3 is 0 Å². The fraction of sp³-hybridized carbons (Fsp3) is 0.562. The summed E-state index contributed by atoms with van der Waals surface area (Å²) < 4.78 is 1.81. The van der Waals surface area contributed by atoms with Crippen molar-refractivity contribution in [3.8, 4) is 0 Å². The van der Waals surface area contributed by atoms with E-state index in [9.17, 15) is 4.79 Å². The van der Waals surface area contributed by atoms with Gasteiger partial charge in [-0.1, -0.05) is 0 Å². The van der Waals surface area contributed by atoms with Crippen LogP contribution in [0.15, 0.2) is 12.4 Å². The number of amides is 1. The number of rotatable bonds is 3. The third-order valence-corrected chi connectivity index (χ3v) is 4.83. The molecule has 1 atom stereocenters. The molecule has 0 saturated carbocycles. The van der Waals surface area contributed by atoms with Crippen LogP contribution >= 0.6 is 12.4 Å². The number of fused-ring (bicyclic) bond motifs is 1. The summed E-state index contributed by atoms with van der Waals surface area (Å²) >= 11 is 0. The van der Waals surface area contributed by atoms with E-state index in [1.165, 1.54) is 0 Å². The minimum atomic E-state index is -0.0748. The van der Waals surface area contributed by atoms with Gasteiger partial charge in [0.15, 0.2) is 5.69 Å². The third kappa shape index (κ3) is 3.64. The molecule has 4 rings (SSSR count). The van der Waals surface area contributed by atoms with Crippen molar-refractivity contribution in [1.82, 2.24) is 30.6 Å². The van der Waals surface area contributed by atoms with Gasteiger partial charge in [-0.15, -0.1) is 12.4 Å². The summed E-state index contributed by atoms with van der Waals surface area (Å²) in [6, 6.07) is 0.135. The molecular formula is C16H24ClN7O. The first-order chi connectivity index (χ1) is 11.7. The maximum absolute atomic E-state index is 12.6. The molecule has 2 aliphatic rings. The lowest BCUT2D eigenvalue weighted by Gasteiger charge is -2.33. The minimum Gasteiger partial charge on any atom is -0.367 e. The Morgan fingerprint density at radius 1 is 1.44 bits per heavy atom. The summed E-state index contributed by atoms with van der Waals surface area (Å²) in [6.07, 6.45) is 6.83. The predicted octanol–water partition coefficient (Wildman–Crippen LogP) is 0.610. The van der Waals surface area contributed by atoms with Gasteiger partial charge in [-0.05, 0) is 12.8 Å². The van der Waals surface area contributed by atoms with Gasteiger partial charge < -0.3 is 15.5 Å². The first-order valence-corrected chi connectivity index (χ1v) is 8.52. The number of carbonyl (C=O) groups excluding carboxylic acids is 1. The molecule has 3 N–H and O–H groups in total. The van der Waals surface area contributed by atoms with Crippen molar-refractivity contribution in [2.75, 3.05) is 24.5 Å². The Morgan fingerprint density at radius 2 is 2.32 bits per heavy atom. The van der Waals surface area contributed by atoms with E-state index in [1.807, 2.05) is 19.4 Å². The van der Waals surface area contributed by atoms with Crippen LogP contribution in [0, 0.1) is 0 Å². The van der Waals surface area contributed by atoms with Gasteiger partial charge in [-0.2, -0.15) is 10.2 Å². The molecule has 2 aliphatic heterocycles. The van der Waals surface area contributed by atoms with E-state index in [0.29, 0.717) is 12.2 Å². The Hall–Kier alpha value is -2.06. The zero-order chi connectivity index (χ0) is 16.5. The predicted molar refractivity (Wildman–Crippen MR) is 97.2 cm³/mol. The van der Waals surface area contributed by atoms with Crippen LogP contribution in [-0.2, 0) is 20.0 Å². The van der Waals surface area contributed by atoms with Gasteiger partial charge in [0, 0.05) is 63.1 Å². The fourth-order valence-corrected chi connectivity index (χ4v) is 3.57. The van der Waals surface area contributed by atoms with E-state index in [4.69, 9.17) is 0 Å². The average molecular weight is 366 g/mol. The van der Waals surface area contributed by atoms with Gasteiger partial charge in [-0.3, -0.25) is 14.6 Å². The van der Waals surface area contributed by atoms with Crippen molar-refractivity contribution < 1.29 is 4.79 Å². The standard InChI is InChI=1S/C16H23N7O.ClH/c1-22-10-12(7-18-22)23-6-2-3-11(9-23)19-16(24)15-13-8-17-5-4-14(13)20-21-15;/h7,10-11,17H,2-6,8-9H2,1H3,(H,19,24)(H,20,21);1H. The van der Waals surface area contributed by atoms with Crippen LogP contribution in [-0.4, -0.2) is 51.6 Å². The number of H-pyrrole nitrogens is 1. The normalized spacial score (nSPS) is 19.9. The molecule has 8 nitrogen and oxygen atoms in total. The smallest absolute Gasteiger partial charge is 0.272 e. The van der Waals surface area contributed by atoms with Crippen LogP contribution in [0.4, 0.5) is 5.69 Å². The fourth-order valence-electron chi connectivity index (χ4n) is 3.57. The highest BCUT2D eigenvalue weighted by Gasteiger charge is 2.26. The van der Waals surface area contributed by atoms with Crippen molar-refractivity contribution in [1.29, 1.82) is 0 Å². The molecule has 25 heavy (non-hydrogen) atoms. The summed E-state index contributed by atoms with van der Waals surface area (Å²) in [5.74, 6) is -0.0748. The molecule has 0 aliphatic carbocycles. The van der Waals surface area contributed by atoms with E-state index < -0.39 is 0 Å². The Labute approximate surface area is 152 Å². The maximum atomic E-state index is 12.6. The molecule has 0 bridgehead atoms. The zero-order valence-electron chi connectivity index (χ0n) is 14.3. The van der Waals surface area contributed by atoms with E-state index in [1.54, 1.807) is 4.68 Å². The Bertz CT molecular complexity index is 741. The molecule has 9 heteroatoms. The molecule has 2 aromatic heterocycles. The number of nitrogens with zero attached hydrogens (tertiary/aromatic N) is 4. The highest BCUT2D eigenvalue weighted by atomic mass is 35.5. The SMILES string of the molecule is Cl.Cn1cc(N2CCCC(NC(=O)c3n[nH]c4c3CNCC4)C2)cn1. The van der Waals surface area contributed by atoms with Crippen molar-refractivity contribution in [3.63, 3.8) is 0 Å². The first-order valence-electron chi connectivity index (χ1n) is 8.52. The molecule has 0 spiro atoms. The number of halogens is 1. The first kappa shape index (κ1) is 17.8. The van der Waals surface area contributed by atoms with E-state index in [-0.39, 0.29) is 24.4 Å². The lowest BCUT2D eigenvalue weighted by molar-refractivity contribution is 0.0927. The number of hydrogen-bond acceptors (Lipinski definition) is 5.